The highest BCUT2D eigenvalue weighted by Crippen LogP contribution is 2.12. The lowest BCUT2D eigenvalue weighted by Crippen LogP contribution is -2.29. The van der Waals surface area contributed by atoms with Crippen molar-refractivity contribution in [2.24, 2.45) is 0 Å². The van der Waals surface area contributed by atoms with Crippen molar-refractivity contribution in [1.29, 1.82) is 0 Å². The zero-order chi connectivity index (χ0) is 16.4. The molecule has 1 heterocycles. The fourth-order valence-electron chi connectivity index (χ4n) is 2.55. The monoisotopic (exact) mass is 306 g/mol. The summed E-state index contributed by atoms with van der Waals surface area (Å²) in [5.41, 5.74) is 2.94. The van der Waals surface area contributed by atoms with Gasteiger partial charge in [-0.15, -0.1) is 0 Å². The summed E-state index contributed by atoms with van der Waals surface area (Å²) < 4.78 is 0. The minimum absolute atomic E-state index is 0.0995. The lowest BCUT2D eigenvalue weighted by Gasteiger charge is -2.17. The SMILES string of the molecule is Cc1ccc(C(=O)N(C)Cc2cc3ccccc3[nH]c2=O)cc1. The molecular weight excluding hydrogens is 288 g/mol. The highest BCUT2D eigenvalue weighted by molar-refractivity contribution is 5.94. The summed E-state index contributed by atoms with van der Waals surface area (Å²) in [6, 6.07) is 16.9. The van der Waals surface area contributed by atoms with Crippen LogP contribution in [-0.4, -0.2) is 22.8 Å². The zero-order valence-electron chi connectivity index (χ0n) is 13.2. The summed E-state index contributed by atoms with van der Waals surface area (Å²) in [5, 5.41) is 0.957. The predicted molar refractivity (Wildman–Crippen MR) is 91.5 cm³/mol. The minimum Gasteiger partial charge on any atom is -0.337 e. The number of pyridine rings is 1. The van der Waals surface area contributed by atoms with E-state index in [-0.39, 0.29) is 18.0 Å². The first-order chi connectivity index (χ1) is 11.0. The minimum atomic E-state index is -0.160. The van der Waals surface area contributed by atoms with Gasteiger partial charge in [0.1, 0.15) is 0 Å². The Kier molecular flexibility index (Phi) is 3.98. The molecule has 0 saturated heterocycles. The molecule has 4 heteroatoms. The van der Waals surface area contributed by atoms with Crippen molar-refractivity contribution in [3.05, 3.63) is 81.6 Å². The van der Waals surface area contributed by atoms with Gasteiger partial charge in [0.2, 0.25) is 0 Å². The van der Waals surface area contributed by atoms with Crippen LogP contribution in [0.4, 0.5) is 0 Å². The normalized spacial score (nSPS) is 10.7. The molecule has 0 radical (unpaired) electrons. The standard InChI is InChI=1S/C19H18N2O2/c1-13-7-9-14(10-8-13)19(23)21(2)12-16-11-15-5-3-4-6-17(15)20-18(16)22/h3-11H,12H2,1-2H3,(H,20,22). The second kappa shape index (κ2) is 6.08. The van der Waals surface area contributed by atoms with Gasteiger partial charge in [-0.05, 0) is 36.6 Å². The molecule has 3 aromatic rings. The van der Waals surface area contributed by atoms with Crippen LogP contribution in [0.2, 0.25) is 0 Å². The summed E-state index contributed by atoms with van der Waals surface area (Å²) in [4.78, 5) is 29.0. The third-order valence-corrected chi connectivity index (χ3v) is 3.88. The number of amides is 1. The van der Waals surface area contributed by atoms with Crippen LogP contribution in [0.25, 0.3) is 10.9 Å². The van der Waals surface area contributed by atoms with Crippen molar-refractivity contribution in [3.8, 4) is 0 Å². The van der Waals surface area contributed by atoms with Crippen molar-refractivity contribution < 1.29 is 4.79 Å². The zero-order valence-corrected chi connectivity index (χ0v) is 13.2. The molecule has 1 aromatic heterocycles. The van der Waals surface area contributed by atoms with Crippen LogP contribution in [0.1, 0.15) is 21.5 Å². The quantitative estimate of drug-likeness (QED) is 0.808. The summed E-state index contributed by atoms with van der Waals surface area (Å²) in [6.07, 6.45) is 0. The van der Waals surface area contributed by atoms with E-state index < -0.39 is 0 Å². The molecule has 0 saturated carbocycles. The number of fused-ring (bicyclic) bond motifs is 1. The van der Waals surface area contributed by atoms with Gasteiger partial charge in [0.25, 0.3) is 11.5 Å². The second-order valence-electron chi connectivity index (χ2n) is 5.74. The molecule has 1 amide bonds. The van der Waals surface area contributed by atoms with E-state index in [2.05, 4.69) is 4.98 Å². The lowest BCUT2D eigenvalue weighted by atomic mass is 10.1. The molecule has 0 spiro atoms. The van der Waals surface area contributed by atoms with Crippen molar-refractivity contribution in [2.75, 3.05) is 7.05 Å². The lowest BCUT2D eigenvalue weighted by molar-refractivity contribution is 0.0784. The Labute approximate surface area is 134 Å². The van der Waals surface area contributed by atoms with Gasteiger partial charge in [0, 0.05) is 23.7 Å². The average Bonchev–Trinajstić information content (AvgIpc) is 2.55. The highest BCUT2D eigenvalue weighted by atomic mass is 16.2. The summed E-state index contributed by atoms with van der Waals surface area (Å²) in [6.45, 7) is 2.25. The molecule has 1 N–H and O–H groups in total. The van der Waals surface area contributed by atoms with Crippen LogP contribution in [-0.2, 0) is 6.54 Å². The van der Waals surface area contributed by atoms with Gasteiger partial charge in [0.05, 0.1) is 6.54 Å². The molecule has 4 nitrogen and oxygen atoms in total. The Bertz CT molecular complexity index is 911. The first-order valence-corrected chi connectivity index (χ1v) is 7.47. The Morgan fingerprint density at radius 2 is 1.78 bits per heavy atom. The number of carbonyl (C=O) groups excluding carboxylic acids is 1. The van der Waals surface area contributed by atoms with E-state index >= 15 is 0 Å². The number of hydrogen-bond donors (Lipinski definition) is 1. The molecule has 0 fully saturated rings. The maximum Gasteiger partial charge on any atom is 0.253 e. The molecular formula is C19H18N2O2. The predicted octanol–water partition coefficient (Wildman–Crippen LogP) is 3.11. The number of carbonyl (C=O) groups is 1. The van der Waals surface area contributed by atoms with E-state index in [1.165, 1.54) is 0 Å². The third kappa shape index (κ3) is 3.16. The molecule has 0 aliphatic rings. The maximum absolute atomic E-state index is 12.4. The maximum atomic E-state index is 12.4. The molecule has 3 rings (SSSR count). The molecule has 0 bridgehead atoms. The number of aromatic amines is 1. The van der Waals surface area contributed by atoms with Crippen LogP contribution >= 0.6 is 0 Å². The number of nitrogens with zero attached hydrogens (tertiary/aromatic N) is 1. The van der Waals surface area contributed by atoms with E-state index in [9.17, 15) is 9.59 Å². The molecule has 0 aliphatic heterocycles. The van der Waals surface area contributed by atoms with Crippen molar-refractivity contribution in [1.82, 2.24) is 9.88 Å². The van der Waals surface area contributed by atoms with E-state index in [0.717, 1.165) is 16.5 Å². The van der Waals surface area contributed by atoms with Gasteiger partial charge in [0.15, 0.2) is 0 Å². The van der Waals surface area contributed by atoms with Crippen LogP contribution in [0.3, 0.4) is 0 Å². The number of nitrogens with one attached hydrogen (secondary N) is 1. The van der Waals surface area contributed by atoms with Gasteiger partial charge < -0.3 is 9.88 Å². The molecule has 116 valence electrons. The number of aryl methyl sites for hydroxylation is 1. The third-order valence-electron chi connectivity index (χ3n) is 3.88. The summed E-state index contributed by atoms with van der Waals surface area (Å²) in [7, 11) is 1.71. The number of benzene rings is 2. The number of H-pyrrole nitrogens is 1. The van der Waals surface area contributed by atoms with Crippen molar-refractivity contribution in [2.45, 2.75) is 13.5 Å². The Hall–Kier alpha value is -2.88. The average molecular weight is 306 g/mol. The number of rotatable bonds is 3. The summed E-state index contributed by atoms with van der Waals surface area (Å²) in [5.74, 6) is -0.0995. The van der Waals surface area contributed by atoms with Gasteiger partial charge in [-0.25, -0.2) is 0 Å². The number of aromatic nitrogens is 1. The Morgan fingerprint density at radius 1 is 1.09 bits per heavy atom. The van der Waals surface area contributed by atoms with Gasteiger partial charge in [-0.2, -0.15) is 0 Å². The van der Waals surface area contributed by atoms with Gasteiger partial charge in [-0.1, -0.05) is 35.9 Å². The molecule has 0 atom stereocenters. The van der Waals surface area contributed by atoms with E-state index in [0.29, 0.717) is 11.1 Å². The smallest absolute Gasteiger partial charge is 0.253 e. The molecule has 0 unspecified atom stereocenters. The van der Waals surface area contributed by atoms with Crippen LogP contribution in [0.15, 0.2) is 59.4 Å². The van der Waals surface area contributed by atoms with Gasteiger partial charge in [-0.3, -0.25) is 9.59 Å². The van der Waals surface area contributed by atoms with E-state index in [1.54, 1.807) is 24.1 Å². The van der Waals surface area contributed by atoms with E-state index in [4.69, 9.17) is 0 Å². The van der Waals surface area contributed by atoms with E-state index in [1.807, 2.05) is 49.4 Å². The molecule has 2 aromatic carbocycles. The second-order valence-corrected chi connectivity index (χ2v) is 5.74. The first kappa shape index (κ1) is 15.0. The largest absolute Gasteiger partial charge is 0.337 e. The summed E-state index contributed by atoms with van der Waals surface area (Å²) >= 11 is 0. The first-order valence-electron chi connectivity index (χ1n) is 7.47. The van der Waals surface area contributed by atoms with Crippen LogP contribution in [0.5, 0.6) is 0 Å². The van der Waals surface area contributed by atoms with Gasteiger partial charge >= 0.3 is 0 Å². The highest BCUT2D eigenvalue weighted by Gasteiger charge is 2.13. The number of hydrogen-bond acceptors (Lipinski definition) is 2. The fraction of sp³-hybridized carbons (Fsp3) is 0.158. The molecule has 23 heavy (non-hydrogen) atoms. The fourth-order valence-corrected chi connectivity index (χ4v) is 2.55. The number of para-hydroxylation sites is 1. The molecule has 0 aliphatic carbocycles. The Morgan fingerprint density at radius 3 is 2.52 bits per heavy atom. The van der Waals surface area contributed by atoms with Crippen molar-refractivity contribution >= 4 is 16.8 Å². The topological polar surface area (TPSA) is 53.2 Å². The Balaban J connectivity index is 1.86. The van der Waals surface area contributed by atoms with Crippen molar-refractivity contribution in [3.63, 3.8) is 0 Å². The van der Waals surface area contributed by atoms with Crippen LogP contribution < -0.4 is 5.56 Å². The van der Waals surface area contributed by atoms with Crippen LogP contribution in [0, 0.1) is 6.92 Å².